The van der Waals surface area contributed by atoms with Crippen molar-refractivity contribution in [2.45, 2.75) is 0 Å². The molecule has 0 spiro atoms. The molecule has 0 bridgehead atoms. The third-order valence-corrected chi connectivity index (χ3v) is 3.65. The number of benzene rings is 1. The number of furan rings is 1. The van der Waals surface area contributed by atoms with Crippen LogP contribution in [0.4, 0.5) is 11.4 Å². The zero-order chi connectivity index (χ0) is 18.7. The molecule has 26 heavy (non-hydrogen) atoms. The lowest BCUT2D eigenvalue weighted by Gasteiger charge is -2.12. The molecule has 2 heterocycles. The molecule has 0 aliphatic carbocycles. The topological polar surface area (TPSA) is 106 Å². The number of anilines is 2. The van der Waals surface area contributed by atoms with E-state index in [1.807, 2.05) is 0 Å². The number of nitrogens with one attached hydrogen (secondary N) is 2. The molecule has 0 atom stereocenters. The van der Waals surface area contributed by atoms with E-state index in [-0.39, 0.29) is 22.7 Å². The van der Waals surface area contributed by atoms with Crippen LogP contribution in [0.1, 0.15) is 21.0 Å². The number of carbonyl (C=O) groups is 2. The summed E-state index contributed by atoms with van der Waals surface area (Å²) in [5, 5.41) is 9.51. The fourth-order valence-electron chi connectivity index (χ4n) is 2.13. The molecule has 0 fully saturated rings. The lowest BCUT2D eigenvalue weighted by molar-refractivity contribution is 0.0992. The second kappa shape index (κ2) is 7.24. The van der Waals surface area contributed by atoms with Crippen LogP contribution in [0.25, 0.3) is 0 Å². The molecule has 3 aromatic rings. The number of aromatic nitrogens is 2. The fraction of sp³-hybridized carbons (Fsp3) is 0.0588. The van der Waals surface area contributed by atoms with Crippen LogP contribution in [0.2, 0.25) is 5.02 Å². The average molecular weight is 373 g/mol. The quantitative estimate of drug-likeness (QED) is 0.732. The van der Waals surface area contributed by atoms with Gasteiger partial charge in [0.05, 0.1) is 17.6 Å². The minimum atomic E-state index is -0.545. The third-order valence-electron chi connectivity index (χ3n) is 3.42. The molecule has 2 aromatic heterocycles. The highest BCUT2D eigenvalue weighted by Crippen LogP contribution is 2.26. The smallest absolute Gasteiger partial charge is 0.291 e. The first kappa shape index (κ1) is 17.4. The lowest BCUT2D eigenvalue weighted by atomic mass is 10.2. The molecule has 2 N–H and O–H groups in total. The summed E-state index contributed by atoms with van der Waals surface area (Å²) in [7, 11) is 1.44. The van der Waals surface area contributed by atoms with Gasteiger partial charge in [-0.05, 0) is 36.4 Å². The minimum absolute atomic E-state index is 0.0466. The highest BCUT2D eigenvalue weighted by Gasteiger charge is 2.15. The van der Waals surface area contributed by atoms with Crippen LogP contribution in [0, 0.1) is 0 Å². The second-order valence-electron chi connectivity index (χ2n) is 5.26. The van der Waals surface area contributed by atoms with Gasteiger partial charge in [0.1, 0.15) is 5.69 Å². The van der Waals surface area contributed by atoms with Gasteiger partial charge >= 0.3 is 0 Å². The van der Waals surface area contributed by atoms with Gasteiger partial charge in [0.15, 0.2) is 5.76 Å². The molecular weight excluding hydrogens is 360 g/mol. The molecule has 9 heteroatoms. The van der Waals surface area contributed by atoms with Gasteiger partial charge < -0.3 is 15.1 Å². The Hall–Kier alpha value is -3.39. The monoisotopic (exact) mass is 372 g/mol. The zero-order valence-electron chi connectivity index (χ0n) is 13.5. The Bertz CT molecular complexity index is 1030. The molecule has 132 valence electrons. The van der Waals surface area contributed by atoms with E-state index in [0.29, 0.717) is 10.7 Å². The van der Waals surface area contributed by atoms with E-state index < -0.39 is 11.8 Å². The summed E-state index contributed by atoms with van der Waals surface area (Å²) in [5.41, 5.74) is 0.317. The Morgan fingerprint density at radius 3 is 2.54 bits per heavy atom. The Morgan fingerprint density at radius 2 is 1.85 bits per heavy atom. The van der Waals surface area contributed by atoms with Crippen molar-refractivity contribution in [3.8, 4) is 0 Å². The Kier molecular flexibility index (Phi) is 4.85. The Labute approximate surface area is 152 Å². The molecule has 0 aliphatic rings. The average Bonchev–Trinajstić information content (AvgIpc) is 3.14. The van der Waals surface area contributed by atoms with Crippen LogP contribution in [0.15, 0.2) is 57.9 Å². The van der Waals surface area contributed by atoms with E-state index in [1.165, 1.54) is 37.6 Å². The molecule has 0 aliphatic heterocycles. The fourth-order valence-corrected chi connectivity index (χ4v) is 2.30. The van der Waals surface area contributed by atoms with E-state index in [0.717, 1.165) is 4.68 Å². The number of rotatable bonds is 4. The molecule has 8 nitrogen and oxygen atoms in total. The van der Waals surface area contributed by atoms with Crippen molar-refractivity contribution in [1.82, 2.24) is 9.78 Å². The van der Waals surface area contributed by atoms with Crippen LogP contribution in [-0.2, 0) is 7.05 Å². The van der Waals surface area contributed by atoms with Gasteiger partial charge in [0, 0.05) is 18.1 Å². The van der Waals surface area contributed by atoms with Gasteiger partial charge in [-0.1, -0.05) is 11.6 Å². The Morgan fingerprint density at radius 1 is 1.08 bits per heavy atom. The molecular formula is C17H13ClN4O4. The number of aryl methyl sites for hydroxylation is 1. The third kappa shape index (κ3) is 3.81. The first-order valence-corrected chi connectivity index (χ1v) is 7.82. The van der Waals surface area contributed by atoms with Crippen molar-refractivity contribution in [1.29, 1.82) is 0 Å². The van der Waals surface area contributed by atoms with Crippen molar-refractivity contribution >= 4 is 34.8 Å². The summed E-state index contributed by atoms with van der Waals surface area (Å²) in [5.74, 6) is -0.925. The van der Waals surface area contributed by atoms with Crippen LogP contribution in [0.3, 0.4) is 0 Å². The van der Waals surface area contributed by atoms with Gasteiger partial charge in [-0.25, -0.2) is 4.68 Å². The van der Waals surface area contributed by atoms with Gasteiger partial charge in [0.25, 0.3) is 17.4 Å². The van der Waals surface area contributed by atoms with Crippen LogP contribution in [0.5, 0.6) is 0 Å². The Balaban J connectivity index is 1.85. The standard InChI is InChI=1S/C17H13ClN4O4/c1-22-15(23)7-6-12(21-22)16(24)19-11-5-4-10(18)9-13(11)20-17(25)14-3-2-8-26-14/h2-9H,1H3,(H,19,24)(H,20,25). The van der Waals surface area contributed by atoms with Crippen molar-refractivity contribution in [3.63, 3.8) is 0 Å². The molecule has 2 amide bonds. The summed E-state index contributed by atoms with van der Waals surface area (Å²) in [6.07, 6.45) is 1.38. The SMILES string of the molecule is Cn1nc(C(=O)Nc2ccc(Cl)cc2NC(=O)c2ccco2)ccc1=O. The molecule has 0 unspecified atom stereocenters. The van der Waals surface area contributed by atoms with E-state index >= 15 is 0 Å². The number of halogens is 1. The van der Waals surface area contributed by atoms with E-state index in [1.54, 1.807) is 18.2 Å². The van der Waals surface area contributed by atoms with Crippen molar-refractivity contribution < 1.29 is 14.0 Å². The number of nitrogens with zero attached hydrogens (tertiary/aromatic N) is 2. The maximum absolute atomic E-state index is 12.4. The second-order valence-corrected chi connectivity index (χ2v) is 5.69. The predicted molar refractivity (Wildman–Crippen MR) is 95.5 cm³/mol. The normalized spacial score (nSPS) is 10.4. The number of amides is 2. The number of hydrogen-bond donors (Lipinski definition) is 2. The maximum Gasteiger partial charge on any atom is 0.291 e. The molecule has 0 radical (unpaired) electrons. The van der Waals surface area contributed by atoms with E-state index in [4.69, 9.17) is 16.0 Å². The van der Waals surface area contributed by atoms with E-state index in [2.05, 4.69) is 15.7 Å². The molecule has 0 saturated heterocycles. The summed E-state index contributed by atoms with van der Waals surface area (Å²) >= 11 is 5.98. The largest absolute Gasteiger partial charge is 0.459 e. The summed E-state index contributed by atoms with van der Waals surface area (Å²) in [6.45, 7) is 0. The molecule has 1 aromatic carbocycles. The number of carbonyl (C=O) groups excluding carboxylic acids is 2. The summed E-state index contributed by atoms with van der Waals surface area (Å²) < 4.78 is 6.09. The summed E-state index contributed by atoms with van der Waals surface area (Å²) in [6, 6.07) is 10.2. The van der Waals surface area contributed by atoms with Crippen molar-refractivity contribution in [2.24, 2.45) is 7.05 Å². The maximum atomic E-state index is 12.4. The van der Waals surface area contributed by atoms with Crippen LogP contribution in [-0.4, -0.2) is 21.6 Å². The van der Waals surface area contributed by atoms with E-state index in [9.17, 15) is 14.4 Å². The van der Waals surface area contributed by atoms with Gasteiger partial charge in [-0.3, -0.25) is 14.4 Å². The molecule has 3 rings (SSSR count). The van der Waals surface area contributed by atoms with Gasteiger partial charge in [0.2, 0.25) is 0 Å². The highest BCUT2D eigenvalue weighted by atomic mass is 35.5. The number of hydrogen-bond acceptors (Lipinski definition) is 5. The van der Waals surface area contributed by atoms with Crippen molar-refractivity contribution in [2.75, 3.05) is 10.6 Å². The predicted octanol–water partition coefficient (Wildman–Crippen LogP) is 2.53. The summed E-state index contributed by atoms with van der Waals surface area (Å²) in [4.78, 5) is 35.9. The van der Waals surface area contributed by atoms with Crippen molar-refractivity contribution in [3.05, 3.63) is 75.6 Å². The van der Waals surface area contributed by atoms with Gasteiger partial charge in [-0.2, -0.15) is 5.10 Å². The first-order chi connectivity index (χ1) is 12.4. The zero-order valence-corrected chi connectivity index (χ0v) is 14.3. The van der Waals surface area contributed by atoms with Crippen LogP contribution >= 0.6 is 11.6 Å². The van der Waals surface area contributed by atoms with Gasteiger partial charge in [-0.15, -0.1) is 0 Å². The lowest BCUT2D eigenvalue weighted by Crippen LogP contribution is -2.24. The molecule has 0 saturated carbocycles. The highest BCUT2D eigenvalue weighted by molar-refractivity contribution is 6.31. The minimum Gasteiger partial charge on any atom is -0.459 e. The first-order valence-electron chi connectivity index (χ1n) is 7.44. The van der Waals surface area contributed by atoms with Crippen LogP contribution < -0.4 is 16.2 Å².